The quantitative estimate of drug-likeness (QED) is 0.792. The van der Waals surface area contributed by atoms with Crippen LogP contribution in [0.25, 0.3) is 11.4 Å². The minimum Gasteiger partial charge on any atom is -0.355 e. The maximum absolute atomic E-state index is 11.8. The first kappa shape index (κ1) is 17.5. The summed E-state index contributed by atoms with van der Waals surface area (Å²) in [5, 5.41) is 12.1. The van der Waals surface area contributed by atoms with Crippen molar-refractivity contribution in [2.45, 2.75) is 32.3 Å². The molecule has 6 heteroatoms. The number of amides is 1. The van der Waals surface area contributed by atoms with Gasteiger partial charge in [0, 0.05) is 19.2 Å². The highest BCUT2D eigenvalue weighted by Gasteiger charge is 2.12. The first-order chi connectivity index (χ1) is 11.0. The fourth-order valence-corrected chi connectivity index (χ4v) is 2.90. The molecule has 1 amide bonds. The van der Waals surface area contributed by atoms with Crippen LogP contribution in [0.3, 0.4) is 0 Å². The van der Waals surface area contributed by atoms with Gasteiger partial charge in [-0.1, -0.05) is 49.4 Å². The Bertz CT molecular complexity index is 666. The van der Waals surface area contributed by atoms with Crippen LogP contribution in [0.1, 0.15) is 25.8 Å². The number of carbonyl (C=O) groups is 1. The van der Waals surface area contributed by atoms with E-state index in [-0.39, 0.29) is 5.91 Å². The maximum Gasteiger partial charge on any atom is 0.230 e. The Morgan fingerprint density at radius 1 is 1.35 bits per heavy atom. The van der Waals surface area contributed by atoms with Crippen molar-refractivity contribution in [3.63, 3.8) is 0 Å². The van der Waals surface area contributed by atoms with Gasteiger partial charge in [0.2, 0.25) is 5.91 Å². The normalized spacial score (nSPS) is 11.0. The molecule has 2 aromatic rings. The number of nitrogens with one attached hydrogen (secondary N) is 1. The number of hydrogen-bond acceptors (Lipinski definition) is 4. The summed E-state index contributed by atoms with van der Waals surface area (Å²) in [7, 11) is 1.93. The molecular formula is C17H24N4OS. The summed E-state index contributed by atoms with van der Waals surface area (Å²) in [6, 6.07) is 8.16. The highest BCUT2D eigenvalue weighted by molar-refractivity contribution is 7.99. The van der Waals surface area contributed by atoms with E-state index in [9.17, 15) is 4.79 Å². The second-order valence-electron chi connectivity index (χ2n) is 6.06. The number of aryl methyl sites for hydroxylation is 1. The fourth-order valence-electron chi connectivity index (χ4n) is 2.16. The van der Waals surface area contributed by atoms with Crippen LogP contribution in [0, 0.1) is 12.8 Å². The monoisotopic (exact) mass is 332 g/mol. The van der Waals surface area contributed by atoms with E-state index in [1.807, 2.05) is 23.7 Å². The maximum atomic E-state index is 11.8. The zero-order valence-corrected chi connectivity index (χ0v) is 15.0. The van der Waals surface area contributed by atoms with Crippen LogP contribution in [-0.2, 0) is 11.8 Å². The number of aromatic nitrogens is 3. The zero-order chi connectivity index (χ0) is 16.8. The van der Waals surface area contributed by atoms with Gasteiger partial charge < -0.3 is 9.88 Å². The van der Waals surface area contributed by atoms with Crippen molar-refractivity contribution in [3.8, 4) is 11.4 Å². The van der Waals surface area contributed by atoms with E-state index >= 15 is 0 Å². The third kappa shape index (κ3) is 5.10. The van der Waals surface area contributed by atoms with Gasteiger partial charge in [-0.05, 0) is 25.3 Å². The van der Waals surface area contributed by atoms with Gasteiger partial charge in [0.15, 0.2) is 11.0 Å². The van der Waals surface area contributed by atoms with Gasteiger partial charge in [-0.3, -0.25) is 4.79 Å². The minimum atomic E-state index is 0.0377. The van der Waals surface area contributed by atoms with Gasteiger partial charge in [0.05, 0.1) is 5.75 Å². The van der Waals surface area contributed by atoms with Crippen molar-refractivity contribution in [1.82, 2.24) is 20.1 Å². The number of thioether (sulfide) groups is 1. The molecule has 0 unspecified atom stereocenters. The molecule has 0 atom stereocenters. The van der Waals surface area contributed by atoms with E-state index < -0.39 is 0 Å². The van der Waals surface area contributed by atoms with Crippen LogP contribution in [0.5, 0.6) is 0 Å². The first-order valence-electron chi connectivity index (χ1n) is 7.83. The molecule has 1 aromatic heterocycles. The number of rotatable bonds is 7. The van der Waals surface area contributed by atoms with E-state index in [0.717, 1.165) is 29.5 Å². The van der Waals surface area contributed by atoms with Crippen LogP contribution in [0.2, 0.25) is 0 Å². The van der Waals surface area contributed by atoms with Crippen LogP contribution in [0.4, 0.5) is 0 Å². The summed E-state index contributed by atoms with van der Waals surface area (Å²) >= 11 is 1.41. The van der Waals surface area contributed by atoms with Crippen LogP contribution < -0.4 is 5.32 Å². The number of benzene rings is 1. The predicted molar refractivity (Wildman–Crippen MR) is 94.4 cm³/mol. The van der Waals surface area contributed by atoms with E-state index in [4.69, 9.17) is 0 Å². The smallest absolute Gasteiger partial charge is 0.230 e. The summed E-state index contributed by atoms with van der Waals surface area (Å²) in [5.41, 5.74) is 2.22. The molecule has 1 aromatic carbocycles. The Hall–Kier alpha value is -1.82. The average molecular weight is 332 g/mol. The molecule has 1 N–H and O–H groups in total. The molecule has 5 nitrogen and oxygen atoms in total. The van der Waals surface area contributed by atoms with E-state index in [1.165, 1.54) is 17.3 Å². The third-order valence-electron chi connectivity index (χ3n) is 3.49. The Labute approximate surface area is 141 Å². The van der Waals surface area contributed by atoms with Gasteiger partial charge >= 0.3 is 0 Å². The van der Waals surface area contributed by atoms with Crippen LogP contribution in [0.15, 0.2) is 29.4 Å². The molecule has 0 aliphatic heterocycles. The van der Waals surface area contributed by atoms with Crippen LogP contribution >= 0.6 is 11.8 Å². The number of carbonyl (C=O) groups excluding carboxylic acids is 1. The molecule has 0 saturated carbocycles. The summed E-state index contributed by atoms with van der Waals surface area (Å²) in [5.74, 6) is 1.81. The molecule has 2 rings (SSSR count). The minimum absolute atomic E-state index is 0.0377. The van der Waals surface area contributed by atoms with Crippen molar-refractivity contribution >= 4 is 17.7 Å². The summed E-state index contributed by atoms with van der Waals surface area (Å²) in [6.07, 6.45) is 0.998. The highest BCUT2D eigenvalue weighted by atomic mass is 32.2. The lowest BCUT2D eigenvalue weighted by atomic mass is 10.1. The molecular weight excluding hydrogens is 308 g/mol. The first-order valence-corrected chi connectivity index (χ1v) is 8.82. The standard InChI is InChI=1S/C17H24N4OS/c1-12(2)8-9-18-15(22)11-23-17-20-19-16(21(17)4)14-7-5-6-13(3)10-14/h5-7,10,12H,8-9,11H2,1-4H3,(H,18,22). The van der Waals surface area contributed by atoms with Crippen molar-refractivity contribution < 1.29 is 4.79 Å². The zero-order valence-electron chi connectivity index (χ0n) is 14.2. The van der Waals surface area contributed by atoms with Crippen molar-refractivity contribution in [2.75, 3.05) is 12.3 Å². The molecule has 0 spiro atoms. The molecule has 0 bridgehead atoms. The number of nitrogens with zero attached hydrogens (tertiary/aromatic N) is 3. The molecule has 0 aliphatic carbocycles. The van der Waals surface area contributed by atoms with Crippen LogP contribution in [-0.4, -0.2) is 33.0 Å². The highest BCUT2D eigenvalue weighted by Crippen LogP contribution is 2.23. The van der Waals surface area contributed by atoms with Gasteiger partial charge in [0.1, 0.15) is 0 Å². The van der Waals surface area contributed by atoms with Gasteiger partial charge in [0.25, 0.3) is 0 Å². The summed E-state index contributed by atoms with van der Waals surface area (Å²) in [6.45, 7) is 7.07. The van der Waals surface area contributed by atoms with E-state index in [0.29, 0.717) is 11.7 Å². The Kier molecular flexibility index (Phi) is 6.21. The lowest BCUT2D eigenvalue weighted by Crippen LogP contribution is -2.27. The van der Waals surface area contributed by atoms with Gasteiger partial charge in [-0.25, -0.2) is 0 Å². The largest absolute Gasteiger partial charge is 0.355 e. The molecule has 0 aliphatic rings. The molecule has 0 saturated heterocycles. The molecule has 23 heavy (non-hydrogen) atoms. The lowest BCUT2D eigenvalue weighted by molar-refractivity contribution is -0.118. The Morgan fingerprint density at radius 3 is 2.83 bits per heavy atom. The average Bonchev–Trinajstić information content (AvgIpc) is 2.86. The molecule has 0 fully saturated rings. The van der Waals surface area contributed by atoms with E-state index in [1.54, 1.807) is 0 Å². The predicted octanol–water partition coefficient (Wildman–Crippen LogP) is 3.04. The topological polar surface area (TPSA) is 59.8 Å². The lowest BCUT2D eigenvalue weighted by Gasteiger charge is -2.07. The molecule has 1 heterocycles. The van der Waals surface area contributed by atoms with Gasteiger partial charge in [-0.15, -0.1) is 10.2 Å². The van der Waals surface area contributed by atoms with Crippen molar-refractivity contribution in [2.24, 2.45) is 13.0 Å². The van der Waals surface area contributed by atoms with Crippen molar-refractivity contribution in [1.29, 1.82) is 0 Å². The third-order valence-corrected chi connectivity index (χ3v) is 4.51. The fraction of sp³-hybridized carbons (Fsp3) is 0.471. The molecule has 0 radical (unpaired) electrons. The van der Waals surface area contributed by atoms with Crippen molar-refractivity contribution in [3.05, 3.63) is 29.8 Å². The summed E-state index contributed by atoms with van der Waals surface area (Å²) < 4.78 is 1.93. The SMILES string of the molecule is Cc1cccc(-c2nnc(SCC(=O)NCCC(C)C)n2C)c1. The van der Waals surface area contributed by atoms with E-state index in [2.05, 4.69) is 48.4 Å². The molecule has 124 valence electrons. The Morgan fingerprint density at radius 2 is 2.13 bits per heavy atom. The second kappa shape index (κ2) is 8.15. The summed E-state index contributed by atoms with van der Waals surface area (Å²) in [4.78, 5) is 11.8. The second-order valence-corrected chi connectivity index (χ2v) is 7.00. The Balaban J connectivity index is 1.93. The number of hydrogen-bond donors (Lipinski definition) is 1. The van der Waals surface area contributed by atoms with Gasteiger partial charge in [-0.2, -0.15) is 0 Å².